The fourth-order valence-corrected chi connectivity index (χ4v) is 8.81. The summed E-state index contributed by atoms with van der Waals surface area (Å²) in [5, 5.41) is 7.82. The smallest absolute Gasteiger partial charge is 0.312 e. The van der Waals surface area contributed by atoms with E-state index in [1.807, 2.05) is 6.08 Å². The summed E-state index contributed by atoms with van der Waals surface area (Å²) in [4.78, 5) is 31.7. The second-order valence-corrected chi connectivity index (χ2v) is 12.4. The lowest BCUT2D eigenvalue weighted by molar-refractivity contribution is -0.117. The van der Waals surface area contributed by atoms with E-state index in [2.05, 4.69) is 31.2 Å². The standard InChI is InChI=1S/C28H43N3O3.ClH/c1-18(30-34-26(33)31(4)17-20-6-5-15-29-20)23-9-10-24-22-8-7-19-16-21(32)11-13-27(19,2)25(22)12-14-28(23,24)3;/h16,20,22-25,29H,5-15,17H2,1-4H3;1H/b30-18+;/t20-,22-,23+,24-,25-,27-,28+;/m0./s1. The minimum atomic E-state index is -0.358. The van der Waals surface area contributed by atoms with Crippen LogP contribution in [0, 0.1) is 34.5 Å². The number of hydrogen-bond acceptors (Lipinski definition) is 5. The Labute approximate surface area is 217 Å². The molecule has 7 atom stereocenters. The number of carbonyl (C=O) groups is 2. The molecule has 0 aromatic rings. The minimum absolute atomic E-state index is 0. The summed E-state index contributed by atoms with van der Waals surface area (Å²) in [5.41, 5.74) is 2.86. The number of nitrogens with one attached hydrogen (secondary N) is 1. The molecule has 7 heteroatoms. The SMILES string of the molecule is C/C(=N\OC(=O)N(C)C[C@@H]1CCCN1)[C@H]1CC[C@H]2[C@@H]3CCC4=CC(=O)CC[C@]4(C)[C@H]3CC[C@]12C.Cl. The van der Waals surface area contributed by atoms with E-state index in [4.69, 9.17) is 4.84 Å². The molecule has 1 heterocycles. The molecule has 0 spiro atoms. The molecule has 1 N–H and O–H groups in total. The molecule has 0 unspecified atom stereocenters. The minimum Gasteiger partial charge on any atom is -0.312 e. The van der Waals surface area contributed by atoms with Crippen LogP contribution in [0.2, 0.25) is 0 Å². The largest absolute Gasteiger partial charge is 0.435 e. The predicted molar refractivity (Wildman–Crippen MR) is 141 cm³/mol. The van der Waals surface area contributed by atoms with Gasteiger partial charge in [0.2, 0.25) is 0 Å². The molecule has 4 fully saturated rings. The quantitative estimate of drug-likeness (QED) is 0.300. The summed E-state index contributed by atoms with van der Waals surface area (Å²) in [5.74, 6) is 2.85. The molecule has 5 rings (SSSR count). The van der Waals surface area contributed by atoms with Gasteiger partial charge in [0.1, 0.15) is 0 Å². The first-order valence-corrected chi connectivity index (χ1v) is 13.7. The highest BCUT2D eigenvalue weighted by molar-refractivity contribution is 5.91. The number of hydrogen-bond donors (Lipinski definition) is 1. The van der Waals surface area contributed by atoms with E-state index in [-0.39, 0.29) is 29.3 Å². The molecule has 35 heavy (non-hydrogen) atoms. The molecule has 4 aliphatic carbocycles. The highest BCUT2D eigenvalue weighted by atomic mass is 35.5. The van der Waals surface area contributed by atoms with E-state index in [0.717, 1.165) is 50.3 Å². The Balaban J connectivity index is 0.00000289. The molecule has 0 bridgehead atoms. The van der Waals surface area contributed by atoms with Gasteiger partial charge in [-0.25, -0.2) is 4.79 Å². The van der Waals surface area contributed by atoms with Gasteiger partial charge in [0.25, 0.3) is 0 Å². The number of halogens is 1. The molecule has 1 saturated heterocycles. The maximum atomic E-state index is 12.5. The zero-order valence-corrected chi connectivity index (χ0v) is 22.8. The van der Waals surface area contributed by atoms with Gasteiger partial charge in [-0.05, 0) is 106 Å². The van der Waals surface area contributed by atoms with Crippen molar-refractivity contribution in [2.45, 2.75) is 91.0 Å². The number of fused-ring (bicyclic) bond motifs is 5. The Kier molecular flexibility index (Phi) is 7.74. The van der Waals surface area contributed by atoms with Crippen molar-refractivity contribution < 1.29 is 14.4 Å². The average Bonchev–Trinajstić information content (AvgIpc) is 3.44. The molecule has 0 aromatic heterocycles. The van der Waals surface area contributed by atoms with Crippen molar-refractivity contribution in [2.75, 3.05) is 20.1 Å². The molecule has 0 radical (unpaired) electrons. The van der Waals surface area contributed by atoms with Gasteiger partial charge in [0.15, 0.2) is 5.78 Å². The summed E-state index contributed by atoms with van der Waals surface area (Å²) in [6.07, 6.45) is 12.8. The lowest BCUT2D eigenvalue weighted by Crippen LogP contribution is -2.51. The van der Waals surface area contributed by atoms with Crippen molar-refractivity contribution in [1.82, 2.24) is 10.2 Å². The Morgan fingerprint density at radius 2 is 1.94 bits per heavy atom. The highest BCUT2D eigenvalue weighted by Gasteiger charge is 2.59. The summed E-state index contributed by atoms with van der Waals surface area (Å²) in [7, 11) is 1.80. The lowest BCUT2D eigenvalue weighted by atomic mass is 9.46. The summed E-state index contributed by atoms with van der Waals surface area (Å²) in [6, 6.07) is 0.363. The van der Waals surface area contributed by atoms with E-state index in [1.54, 1.807) is 11.9 Å². The van der Waals surface area contributed by atoms with Crippen LogP contribution >= 0.6 is 12.4 Å². The Morgan fingerprint density at radius 3 is 2.69 bits per heavy atom. The fraction of sp³-hybridized carbons (Fsp3) is 0.821. The van der Waals surface area contributed by atoms with E-state index in [1.165, 1.54) is 37.7 Å². The van der Waals surface area contributed by atoms with Crippen LogP contribution in [0.4, 0.5) is 4.79 Å². The maximum Gasteiger partial charge on any atom is 0.435 e. The molecule has 3 saturated carbocycles. The van der Waals surface area contributed by atoms with Gasteiger partial charge in [-0.2, -0.15) is 0 Å². The number of likely N-dealkylation sites (N-methyl/N-ethyl adjacent to an activating group) is 1. The second kappa shape index (κ2) is 10.2. The van der Waals surface area contributed by atoms with Crippen molar-refractivity contribution in [3.63, 3.8) is 0 Å². The first-order chi connectivity index (χ1) is 16.2. The molecule has 5 aliphatic rings. The number of rotatable bonds is 4. The molecule has 196 valence electrons. The summed E-state index contributed by atoms with van der Waals surface area (Å²) >= 11 is 0. The molecule has 6 nitrogen and oxygen atoms in total. The van der Waals surface area contributed by atoms with Crippen LogP contribution in [0.1, 0.15) is 85.0 Å². The zero-order valence-electron chi connectivity index (χ0n) is 22.0. The molecule has 1 amide bonds. The number of nitrogens with zero attached hydrogens (tertiary/aromatic N) is 2. The summed E-state index contributed by atoms with van der Waals surface area (Å²) < 4.78 is 0. The highest BCUT2D eigenvalue weighted by Crippen LogP contribution is 2.66. The average molecular weight is 506 g/mol. The maximum absolute atomic E-state index is 12.5. The molecular weight excluding hydrogens is 462 g/mol. The van der Waals surface area contributed by atoms with Crippen LogP contribution in [-0.2, 0) is 9.63 Å². The Morgan fingerprint density at radius 1 is 1.14 bits per heavy atom. The van der Waals surface area contributed by atoms with Gasteiger partial charge in [0.05, 0.1) is 5.71 Å². The van der Waals surface area contributed by atoms with Gasteiger partial charge in [0, 0.05) is 32.0 Å². The second-order valence-electron chi connectivity index (χ2n) is 12.4. The molecule has 1 aliphatic heterocycles. The molecule has 0 aromatic carbocycles. The summed E-state index contributed by atoms with van der Waals surface area (Å²) in [6.45, 7) is 8.68. The lowest BCUT2D eigenvalue weighted by Gasteiger charge is -2.58. The third kappa shape index (κ3) is 4.70. The number of allylic oxidation sites excluding steroid dienone is 1. The van der Waals surface area contributed by atoms with Gasteiger partial charge in [-0.3, -0.25) is 9.63 Å². The van der Waals surface area contributed by atoms with E-state index < -0.39 is 0 Å². The van der Waals surface area contributed by atoms with Crippen LogP contribution in [-0.4, -0.2) is 48.7 Å². The van der Waals surface area contributed by atoms with E-state index >= 15 is 0 Å². The van der Waals surface area contributed by atoms with Gasteiger partial charge < -0.3 is 10.2 Å². The van der Waals surface area contributed by atoms with Crippen molar-refractivity contribution >= 4 is 30.0 Å². The van der Waals surface area contributed by atoms with Crippen molar-refractivity contribution in [3.8, 4) is 0 Å². The zero-order chi connectivity index (χ0) is 24.1. The van der Waals surface area contributed by atoms with Gasteiger partial charge >= 0.3 is 6.09 Å². The first-order valence-electron chi connectivity index (χ1n) is 13.7. The predicted octanol–water partition coefficient (Wildman–Crippen LogP) is 5.75. The van der Waals surface area contributed by atoms with Gasteiger partial charge in [-0.1, -0.05) is 24.6 Å². The third-order valence-corrected chi connectivity index (χ3v) is 10.7. The Bertz CT molecular complexity index is 898. The van der Waals surface area contributed by atoms with Crippen LogP contribution in [0.15, 0.2) is 16.8 Å². The number of amides is 1. The van der Waals surface area contributed by atoms with E-state index in [9.17, 15) is 9.59 Å². The monoisotopic (exact) mass is 505 g/mol. The fourth-order valence-electron chi connectivity index (χ4n) is 8.81. The van der Waals surface area contributed by atoms with Crippen LogP contribution < -0.4 is 5.32 Å². The third-order valence-electron chi connectivity index (χ3n) is 10.7. The molecular formula is C28H44ClN3O3. The Hall–Kier alpha value is -1.40. The van der Waals surface area contributed by atoms with Crippen molar-refractivity contribution in [1.29, 1.82) is 0 Å². The number of ketones is 1. The topological polar surface area (TPSA) is 71.0 Å². The van der Waals surface area contributed by atoms with Crippen LogP contribution in [0.5, 0.6) is 0 Å². The van der Waals surface area contributed by atoms with Crippen molar-refractivity contribution in [2.24, 2.45) is 39.7 Å². The normalized spacial score (nSPS) is 40.7. The first kappa shape index (κ1) is 26.7. The van der Waals surface area contributed by atoms with Crippen LogP contribution in [0.25, 0.3) is 0 Å². The van der Waals surface area contributed by atoms with E-state index in [0.29, 0.717) is 36.1 Å². The van der Waals surface area contributed by atoms with Gasteiger partial charge in [-0.15, -0.1) is 12.4 Å². The number of oxime groups is 1. The van der Waals surface area contributed by atoms with Crippen molar-refractivity contribution in [3.05, 3.63) is 11.6 Å². The van der Waals surface area contributed by atoms with Crippen LogP contribution in [0.3, 0.4) is 0 Å². The number of carbonyl (C=O) groups excluding carboxylic acids is 2.